The van der Waals surface area contributed by atoms with Crippen LogP contribution in [0.15, 0.2) is 42.5 Å². The summed E-state index contributed by atoms with van der Waals surface area (Å²) in [4.78, 5) is 0. The molecular formula is C18H21FN2. The molecule has 1 aliphatic heterocycles. The molecule has 2 aromatic carbocycles. The Morgan fingerprint density at radius 1 is 1.14 bits per heavy atom. The van der Waals surface area contributed by atoms with Gasteiger partial charge in [-0.25, -0.2) is 4.39 Å². The molecule has 1 heterocycles. The van der Waals surface area contributed by atoms with Crippen LogP contribution in [0.2, 0.25) is 0 Å². The van der Waals surface area contributed by atoms with Gasteiger partial charge in [-0.2, -0.15) is 0 Å². The number of hydrogen-bond donors (Lipinski definition) is 2. The van der Waals surface area contributed by atoms with Gasteiger partial charge in [0.05, 0.1) is 0 Å². The van der Waals surface area contributed by atoms with E-state index >= 15 is 0 Å². The normalized spacial score (nSPS) is 16.6. The van der Waals surface area contributed by atoms with Crippen molar-refractivity contribution in [2.24, 2.45) is 0 Å². The fourth-order valence-electron chi connectivity index (χ4n) is 2.83. The molecule has 3 rings (SSSR count). The van der Waals surface area contributed by atoms with Crippen molar-refractivity contribution in [3.05, 3.63) is 65.0 Å². The highest BCUT2D eigenvalue weighted by molar-refractivity contribution is 5.57. The average molecular weight is 284 g/mol. The number of benzene rings is 2. The third-order valence-electron chi connectivity index (χ3n) is 3.93. The topological polar surface area (TPSA) is 24.1 Å². The van der Waals surface area contributed by atoms with Crippen molar-refractivity contribution in [3.8, 4) is 0 Å². The molecule has 0 amide bonds. The van der Waals surface area contributed by atoms with Gasteiger partial charge in [0.25, 0.3) is 0 Å². The van der Waals surface area contributed by atoms with Gasteiger partial charge in [0.2, 0.25) is 0 Å². The maximum absolute atomic E-state index is 12.8. The Kier molecular flexibility index (Phi) is 4.20. The number of fused-ring (bicyclic) bond motifs is 1. The summed E-state index contributed by atoms with van der Waals surface area (Å²) in [6.45, 7) is 3.92. The van der Waals surface area contributed by atoms with E-state index in [4.69, 9.17) is 0 Å². The third kappa shape index (κ3) is 3.61. The maximum Gasteiger partial charge on any atom is 0.123 e. The van der Waals surface area contributed by atoms with Crippen LogP contribution in [0.1, 0.15) is 23.6 Å². The minimum atomic E-state index is -0.181. The lowest BCUT2D eigenvalue weighted by atomic mass is 10.0. The zero-order valence-corrected chi connectivity index (χ0v) is 12.3. The number of nitrogens with one attached hydrogen (secondary N) is 2. The molecule has 1 unspecified atom stereocenters. The smallest absolute Gasteiger partial charge is 0.123 e. The molecule has 0 radical (unpaired) electrons. The summed E-state index contributed by atoms with van der Waals surface area (Å²) < 4.78 is 12.8. The number of halogens is 1. The number of anilines is 1. The molecule has 0 aromatic heterocycles. The van der Waals surface area contributed by atoms with E-state index in [0.717, 1.165) is 31.5 Å². The molecule has 3 heteroatoms. The first-order valence-corrected chi connectivity index (χ1v) is 7.54. The van der Waals surface area contributed by atoms with Crippen LogP contribution in [0.3, 0.4) is 0 Å². The summed E-state index contributed by atoms with van der Waals surface area (Å²) >= 11 is 0. The standard InChI is InChI=1S/C18H21FN2/c1-13-10-16-11-14(4-7-18(16)21-13)8-9-20-12-15-2-5-17(19)6-3-15/h2-7,11,13,20-21H,8-10,12H2,1H3. The Morgan fingerprint density at radius 2 is 1.90 bits per heavy atom. The first-order chi connectivity index (χ1) is 10.2. The molecule has 0 aliphatic carbocycles. The summed E-state index contributed by atoms with van der Waals surface area (Å²) in [6.07, 6.45) is 2.13. The number of hydrogen-bond acceptors (Lipinski definition) is 2. The minimum Gasteiger partial charge on any atom is -0.382 e. The molecule has 0 bridgehead atoms. The Morgan fingerprint density at radius 3 is 2.71 bits per heavy atom. The van der Waals surface area contributed by atoms with Crippen LogP contribution >= 0.6 is 0 Å². The second kappa shape index (κ2) is 6.27. The van der Waals surface area contributed by atoms with Gasteiger partial charge in [-0.3, -0.25) is 0 Å². The quantitative estimate of drug-likeness (QED) is 0.821. The molecule has 1 atom stereocenters. The van der Waals surface area contributed by atoms with Crippen molar-refractivity contribution < 1.29 is 4.39 Å². The summed E-state index contributed by atoms with van der Waals surface area (Å²) in [6, 6.07) is 13.9. The predicted molar refractivity (Wildman–Crippen MR) is 85.0 cm³/mol. The van der Waals surface area contributed by atoms with E-state index in [1.165, 1.54) is 28.9 Å². The summed E-state index contributed by atoms with van der Waals surface area (Å²) in [5.74, 6) is -0.181. The fourth-order valence-corrected chi connectivity index (χ4v) is 2.83. The first-order valence-electron chi connectivity index (χ1n) is 7.54. The van der Waals surface area contributed by atoms with E-state index < -0.39 is 0 Å². The lowest BCUT2D eigenvalue weighted by Crippen LogP contribution is -2.16. The van der Waals surface area contributed by atoms with E-state index in [2.05, 4.69) is 35.8 Å². The van der Waals surface area contributed by atoms with Crippen LogP contribution < -0.4 is 10.6 Å². The molecule has 2 nitrogen and oxygen atoms in total. The molecule has 0 fully saturated rings. The van der Waals surface area contributed by atoms with Gasteiger partial charge in [0.15, 0.2) is 0 Å². The molecule has 2 N–H and O–H groups in total. The second-order valence-corrected chi connectivity index (χ2v) is 5.79. The van der Waals surface area contributed by atoms with Crippen LogP contribution in [0.4, 0.5) is 10.1 Å². The Hall–Kier alpha value is -1.87. The summed E-state index contributed by atoms with van der Waals surface area (Å²) in [7, 11) is 0. The van der Waals surface area contributed by atoms with Crippen molar-refractivity contribution >= 4 is 5.69 Å². The second-order valence-electron chi connectivity index (χ2n) is 5.79. The Balaban J connectivity index is 1.48. The Labute approximate surface area is 125 Å². The highest BCUT2D eigenvalue weighted by Crippen LogP contribution is 2.26. The van der Waals surface area contributed by atoms with Crippen molar-refractivity contribution in [1.29, 1.82) is 0 Å². The monoisotopic (exact) mass is 284 g/mol. The van der Waals surface area contributed by atoms with E-state index in [-0.39, 0.29) is 5.82 Å². The molecule has 0 spiro atoms. The van der Waals surface area contributed by atoms with Gasteiger partial charge in [-0.1, -0.05) is 24.3 Å². The van der Waals surface area contributed by atoms with Crippen LogP contribution in [0.5, 0.6) is 0 Å². The van der Waals surface area contributed by atoms with Crippen LogP contribution in [0.25, 0.3) is 0 Å². The van der Waals surface area contributed by atoms with E-state index in [0.29, 0.717) is 6.04 Å². The van der Waals surface area contributed by atoms with E-state index in [1.54, 1.807) is 0 Å². The van der Waals surface area contributed by atoms with Gasteiger partial charge >= 0.3 is 0 Å². The zero-order chi connectivity index (χ0) is 14.7. The van der Waals surface area contributed by atoms with E-state index in [9.17, 15) is 4.39 Å². The van der Waals surface area contributed by atoms with Crippen molar-refractivity contribution in [2.45, 2.75) is 32.4 Å². The van der Waals surface area contributed by atoms with Gasteiger partial charge in [-0.05, 0) is 61.2 Å². The van der Waals surface area contributed by atoms with Crippen molar-refractivity contribution in [1.82, 2.24) is 5.32 Å². The van der Waals surface area contributed by atoms with Gasteiger partial charge in [0.1, 0.15) is 5.82 Å². The lowest BCUT2D eigenvalue weighted by Gasteiger charge is -2.07. The van der Waals surface area contributed by atoms with E-state index in [1.807, 2.05) is 12.1 Å². The SMILES string of the molecule is CC1Cc2cc(CCNCc3ccc(F)cc3)ccc2N1. The first kappa shape index (κ1) is 14.1. The maximum atomic E-state index is 12.8. The van der Waals surface area contributed by atoms with Crippen LogP contribution in [-0.2, 0) is 19.4 Å². The van der Waals surface area contributed by atoms with Crippen molar-refractivity contribution in [3.63, 3.8) is 0 Å². The largest absolute Gasteiger partial charge is 0.382 e. The summed E-state index contributed by atoms with van der Waals surface area (Å²) in [5.41, 5.74) is 5.20. The molecular weight excluding hydrogens is 263 g/mol. The molecule has 0 saturated heterocycles. The van der Waals surface area contributed by atoms with Gasteiger partial charge in [0, 0.05) is 18.3 Å². The zero-order valence-electron chi connectivity index (χ0n) is 12.3. The summed E-state index contributed by atoms with van der Waals surface area (Å²) in [5, 5.41) is 6.88. The van der Waals surface area contributed by atoms with Gasteiger partial charge in [-0.15, -0.1) is 0 Å². The predicted octanol–water partition coefficient (Wildman–Crippen LogP) is 3.51. The molecule has 2 aromatic rings. The molecule has 21 heavy (non-hydrogen) atoms. The minimum absolute atomic E-state index is 0.181. The molecule has 1 aliphatic rings. The highest BCUT2D eigenvalue weighted by atomic mass is 19.1. The third-order valence-corrected chi connectivity index (χ3v) is 3.93. The average Bonchev–Trinajstić information content (AvgIpc) is 2.85. The van der Waals surface area contributed by atoms with Crippen LogP contribution in [0, 0.1) is 5.82 Å². The lowest BCUT2D eigenvalue weighted by molar-refractivity contribution is 0.625. The Bertz CT molecular complexity index is 607. The fraction of sp³-hybridized carbons (Fsp3) is 0.333. The van der Waals surface area contributed by atoms with Crippen molar-refractivity contribution in [2.75, 3.05) is 11.9 Å². The molecule has 0 saturated carbocycles. The van der Waals surface area contributed by atoms with Crippen LogP contribution in [-0.4, -0.2) is 12.6 Å². The highest BCUT2D eigenvalue weighted by Gasteiger charge is 2.16. The van der Waals surface area contributed by atoms with Gasteiger partial charge < -0.3 is 10.6 Å². The number of rotatable bonds is 5. The molecule has 110 valence electrons.